The van der Waals surface area contributed by atoms with Crippen LogP contribution in [0.15, 0.2) is 48.8 Å². The van der Waals surface area contributed by atoms with Gasteiger partial charge in [0.05, 0.1) is 11.2 Å². The van der Waals surface area contributed by atoms with Crippen molar-refractivity contribution < 1.29 is 18.3 Å². The number of aryl methyl sites for hydroxylation is 1. The molecule has 3 nitrogen and oxygen atoms in total. The van der Waals surface area contributed by atoms with Gasteiger partial charge in [-0.2, -0.15) is 13.2 Å². The predicted octanol–water partition coefficient (Wildman–Crippen LogP) is 4.02. The summed E-state index contributed by atoms with van der Waals surface area (Å²) < 4.78 is 38.7. The van der Waals surface area contributed by atoms with Gasteiger partial charge in [-0.05, 0) is 61.6 Å². The highest BCUT2D eigenvalue weighted by molar-refractivity contribution is 5.30. The molecule has 2 heterocycles. The van der Waals surface area contributed by atoms with Crippen LogP contribution in [0.3, 0.4) is 0 Å². The van der Waals surface area contributed by atoms with E-state index in [1.54, 1.807) is 12.3 Å². The smallest absolute Gasteiger partial charge is 0.385 e. The molecule has 0 radical (unpaired) electrons. The van der Waals surface area contributed by atoms with E-state index < -0.39 is 17.3 Å². The van der Waals surface area contributed by atoms with Gasteiger partial charge in [0, 0.05) is 25.5 Å². The monoisotopic (exact) mass is 364 g/mol. The Morgan fingerprint density at radius 3 is 2.54 bits per heavy atom. The van der Waals surface area contributed by atoms with Crippen LogP contribution in [0.2, 0.25) is 0 Å². The van der Waals surface area contributed by atoms with Gasteiger partial charge in [-0.15, -0.1) is 0 Å². The fourth-order valence-electron chi connectivity index (χ4n) is 3.47. The minimum atomic E-state index is -4.39. The fourth-order valence-corrected chi connectivity index (χ4v) is 3.47. The molecule has 3 rings (SSSR count). The lowest BCUT2D eigenvalue weighted by Crippen LogP contribution is -2.43. The van der Waals surface area contributed by atoms with Crippen LogP contribution < -0.4 is 0 Å². The van der Waals surface area contributed by atoms with E-state index in [2.05, 4.69) is 16.0 Å². The van der Waals surface area contributed by atoms with E-state index in [1.807, 2.05) is 12.3 Å². The van der Waals surface area contributed by atoms with Gasteiger partial charge in [0.25, 0.3) is 0 Å². The number of rotatable bonds is 5. The Bertz CT molecular complexity index is 710. The molecule has 2 aromatic rings. The second-order valence-corrected chi connectivity index (χ2v) is 6.92. The molecule has 1 fully saturated rings. The third kappa shape index (κ3) is 4.62. The van der Waals surface area contributed by atoms with Gasteiger partial charge in [-0.3, -0.25) is 4.98 Å². The quantitative estimate of drug-likeness (QED) is 0.871. The normalized spacial score (nSPS) is 18.0. The second-order valence-electron chi connectivity index (χ2n) is 6.92. The lowest BCUT2D eigenvalue weighted by Gasteiger charge is -2.38. The highest BCUT2D eigenvalue weighted by Crippen LogP contribution is 2.36. The van der Waals surface area contributed by atoms with Gasteiger partial charge in [0.15, 0.2) is 0 Å². The van der Waals surface area contributed by atoms with Crippen LogP contribution in [-0.4, -0.2) is 34.6 Å². The number of aromatic nitrogens is 1. The van der Waals surface area contributed by atoms with Crippen LogP contribution in [0.4, 0.5) is 13.2 Å². The molecule has 0 amide bonds. The van der Waals surface area contributed by atoms with Crippen molar-refractivity contribution in [2.24, 2.45) is 0 Å². The number of hydrogen-bond donors (Lipinski definition) is 1. The first kappa shape index (κ1) is 18.9. The zero-order valence-electron chi connectivity index (χ0n) is 14.5. The van der Waals surface area contributed by atoms with Crippen LogP contribution >= 0.6 is 0 Å². The van der Waals surface area contributed by atoms with Crippen molar-refractivity contribution >= 4 is 0 Å². The van der Waals surface area contributed by atoms with E-state index in [0.717, 1.165) is 31.5 Å². The molecule has 6 heteroatoms. The molecule has 1 aliphatic heterocycles. The summed E-state index contributed by atoms with van der Waals surface area (Å²) in [6, 6.07) is 9.06. The molecule has 1 aromatic heterocycles. The molecule has 0 spiro atoms. The Balaban J connectivity index is 1.54. The van der Waals surface area contributed by atoms with Crippen molar-refractivity contribution in [1.29, 1.82) is 0 Å². The van der Waals surface area contributed by atoms with Crippen molar-refractivity contribution in [3.05, 3.63) is 65.5 Å². The van der Waals surface area contributed by atoms with E-state index in [-0.39, 0.29) is 0 Å². The van der Waals surface area contributed by atoms with Gasteiger partial charge in [-0.1, -0.05) is 18.2 Å². The van der Waals surface area contributed by atoms with E-state index in [1.165, 1.54) is 11.6 Å². The first-order chi connectivity index (χ1) is 12.4. The molecule has 0 unspecified atom stereocenters. The summed E-state index contributed by atoms with van der Waals surface area (Å²) in [5.41, 5.74) is -0.323. The van der Waals surface area contributed by atoms with Crippen molar-refractivity contribution in [2.75, 3.05) is 19.6 Å². The standard InChI is InChI=1S/C20H23F3N2O/c21-20(22,23)18-7-1-6-17(14-18)19(26)8-12-25(13-9-19)11-3-5-16-4-2-10-24-15-16/h1-2,4,6-7,10,14-15,26H,3,5,8-9,11-13H2. The van der Waals surface area contributed by atoms with Gasteiger partial charge in [0.1, 0.15) is 0 Å². The van der Waals surface area contributed by atoms with E-state index in [0.29, 0.717) is 31.5 Å². The van der Waals surface area contributed by atoms with Crippen molar-refractivity contribution in [1.82, 2.24) is 9.88 Å². The number of pyridine rings is 1. The largest absolute Gasteiger partial charge is 0.416 e. The lowest BCUT2D eigenvalue weighted by atomic mass is 9.83. The maximum absolute atomic E-state index is 12.9. The van der Waals surface area contributed by atoms with Crippen LogP contribution in [0.1, 0.15) is 36.0 Å². The van der Waals surface area contributed by atoms with E-state index in [4.69, 9.17) is 0 Å². The number of benzene rings is 1. The van der Waals surface area contributed by atoms with Gasteiger partial charge < -0.3 is 10.0 Å². The molecule has 140 valence electrons. The molecule has 1 saturated heterocycles. The molecule has 0 bridgehead atoms. The highest BCUT2D eigenvalue weighted by Gasteiger charge is 2.36. The number of nitrogens with zero attached hydrogens (tertiary/aromatic N) is 2. The fraction of sp³-hybridized carbons (Fsp3) is 0.450. The minimum Gasteiger partial charge on any atom is -0.385 e. The summed E-state index contributed by atoms with van der Waals surface area (Å²) in [5, 5.41) is 10.9. The first-order valence-corrected chi connectivity index (χ1v) is 8.88. The Morgan fingerprint density at radius 1 is 1.12 bits per heavy atom. The topological polar surface area (TPSA) is 36.4 Å². The van der Waals surface area contributed by atoms with Crippen LogP contribution in [0, 0.1) is 0 Å². The molecule has 26 heavy (non-hydrogen) atoms. The van der Waals surface area contributed by atoms with Crippen LogP contribution in [-0.2, 0) is 18.2 Å². The summed E-state index contributed by atoms with van der Waals surface area (Å²) in [6.07, 6.45) is 2.06. The van der Waals surface area contributed by atoms with Crippen LogP contribution in [0.25, 0.3) is 0 Å². The SMILES string of the molecule is OC1(c2cccc(C(F)(F)F)c2)CCN(CCCc2cccnc2)CC1. The number of likely N-dealkylation sites (tertiary alicyclic amines) is 1. The van der Waals surface area contributed by atoms with Gasteiger partial charge in [0.2, 0.25) is 0 Å². The third-order valence-electron chi connectivity index (χ3n) is 5.07. The maximum atomic E-state index is 12.9. The Hall–Kier alpha value is -1.92. The number of alkyl halides is 3. The molecular weight excluding hydrogens is 341 g/mol. The van der Waals surface area contributed by atoms with Crippen molar-refractivity contribution in [2.45, 2.75) is 37.5 Å². The summed E-state index contributed by atoms with van der Waals surface area (Å²) in [5.74, 6) is 0. The van der Waals surface area contributed by atoms with Gasteiger partial charge >= 0.3 is 6.18 Å². The number of hydrogen-bond acceptors (Lipinski definition) is 3. The Morgan fingerprint density at radius 2 is 1.88 bits per heavy atom. The third-order valence-corrected chi connectivity index (χ3v) is 5.07. The molecule has 1 N–H and O–H groups in total. The average Bonchev–Trinajstić information content (AvgIpc) is 2.64. The van der Waals surface area contributed by atoms with Gasteiger partial charge in [-0.25, -0.2) is 0 Å². The van der Waals surface area contributed by atoms with Crippen LogP contribution in [0.5, 0.6) is 0 Å². The summed E-state index contributed by atoms with van der Waals surface area (Å²) in [7, 11) is 0. The number of halogens is 3. The zero-order chi connectivity index (χ0) is 18.6. The molecule has 0 saturated carbocycles. The Labute approximate surface area is 151 Å². The average molecular weight is 364 g/mol. The lowest BCUT2D eigenvalue weighted by molar-refractivity contribution is -0.137. The molecular formula is C20H23F3N2O. The highest BCUT2D eigenvalue weighted by atomic mass is 19.4. The Kier molecular flexibility index (Phi) is 5.63. The summed E-state index contributed by atoms with van der Waals surface area (Å²) in [4.78, 5) is 6.36. The second kappa shape index (κ2) is 7.76. The van der Waals surface area contributed by atoms with Crippen molar-refractivity contribution in [3.63, 3.8) is 0 Å². The van der Waals surface area contributed by atoms with Crippen molar-refractivity contribution in [3.8, 4) is 0 Å². The molecule has 0 aliphatic carbocycles. The molecule has 0 atom stereocenters. The summed E-state index contributed by atoms with van der Waals surface area (Å²) >= 11 is 0. The van der Waals surface area contributed by atoms with E-state index >= 15 is 0 Å². The molecule has 1 aromatic carbocycles. The predicted molar refractivity (Wildman–Crippen MR) is 93.6 cm³/mol. The zero-order valence-corrected chi connectivity index (χ0v) is 14.5. The maximum Gasteiger partial charge on any atom is 0.416 e. The van der Waals surface area contributed by atoms with E-state index in [9.17, 15) is 18.3 Å². The first-order valence-electron chi connectivity index (χ1n) is 8.88. The minimum absolute atomic E-state index is 0.363. The number of aliphatic hydroxyl groups is 1. The number of piperidine rings is 1. The summed E-state index contributed by atoms with van der Waals surface area (Å²) in [6.45, 7) is 2.27. The molecule has 1 aliphatic rings.